The van der Waals surface area contributed by atoms with Gasteiger partial charge < -0.3 is 4.74 Å². The highest BCUT2D eigenvalue weighted by atomic mass is 35.5. The lowest BCUT2D eigenvalue weighted by Crippen LogP contribution is -1.93. The molecule has 0 spiro atoms. The van der Waals surface area contributed by atoms with Crippen LogP contribution in [0.15, 0.2) is 36.4 Å². The molecule has 0 N–H and O–H groups in total. The normalized spacial score (nSPS) is 10.4. The van der Waals surface area contributed by atoms with E-state index in [1.165, 1.54) is 6.07 Å². The summed E-state index contributed by atoms with van der Waals surface area (Å²) in [5.74, 6) is 0.439. The van der Waals surface area contributed by atoms with Gasteiger partial charge in [-0.05, 0) is 36.8 Å². The molecule has 0 aromatic heterocycles. The van der Waals surface area contributed by atoms with Crippen molar-refractivity contribution in [1.82, 2.24) is 0 Å². The van der Waals surface area contributed by atoms with Crippen molar-refractivity contribution in [1.29, 1.82) is 0 Å². The predicted octanol–water partition coefficient (Wildman–Crippen LogP) is 5.32. The van der Waals surface area contributed by atoms with Gasteiger partial charge in [-0.3, -0.25) is 0 Å². The van der Waals surface area contributed by atoms with E-state index in [2.05, 4.69) is 0 Å². The molecule has 0 aliphatic heterocycles. The van der Waals surface area contributed by atoms with Crippen LogP contribution in [0.1, 0.15) is 11.1 Å². The lowest BCUT2D eigenvalue weighted by molar-refractivity contribution is 0.439. The van der Waals surface area contributed by atoms with Crippen molar-refractivity contribution >= 4 is 23.2 Å². The van der Waals surface area contributed by atoms with Gasteiger partial charge in [0.1, 0.15) is 5.75 Å². The van der Waals surface area contributed by atoms with E-state index >= 15 is 0 Å². The van der Waals surface area contributed by atoms with Crippen LogP contribution in [0.4, 0.5) is 4.39 Å². The summed E-state index contributed by atoms with van der Waals surface area (Å²) >= 11 is 11.8. The van der Waals surface area contributed by atoms with Gasteiger partial charge in [0.15, 0.2) is 11.6 Å². The van der Waals surface area contributed by atoms with Gasteiger partial charge in [0.05, 0.1) is 5.88 Å². The van der Waals surface area contributed by atoms with E-state index in [4.69, 9.17) is 27.9 Å². The van der Waals surface area contributed by atoms with E-state index in [0.717, 1.165) is 5.56 Å². The maximum atomic E-state index is 13.6. The molecule has 0 saturated carbocycles. The topological polar surface area (TPSA) is 9.23 Å². The van der Waals surface area contributed by atoms with E-state index in [9.17, 15) is 4.39 Å². The first kappa shape index (κ1) is 13.2. The number of ether oxygens (including phenoxy) is 1. The van der Waals surface area contributed by atoms with E-state index in [-0.39, 0.29) is 11.6 Å². The van der Waals surface area contributed by atoms with Crippen molar-refractivity contribution in [2.24, 2.45) is 0 Å². The summed E-state index contributed by atoms with van der Waals surface area (Å²) in [5, 5.41) is 0.510. The number of hydrogen-bond donors (Lipinski definition) is 0. The minimum atomic E-state index is -0.416. The molecule has 0 bridgehead atoms. The Labute approximate surface area is 115 Å². The zero-order chi connectivity index (χ0) is 13.1. The molecule has 2 rings (SSSR count). The van der Waals surface area contributed by atoms with Gasteiger partial charge in [0.2, 0.25) is 0 Å². The zero-order valence-corrected chi connectivity index (χ0v) is 11.2. The molecule has 0 amide bonds. The van der Waals surface area contributed by atoms with Crippen LogP contribution in [0.5, 0.6) is 11.5 Å². The largest absolute Gasteiger partial charge is 0.454 e. The predicted molar refractivity (Wildman–Crippen MR) is 72.2 cm³/mol. The Bertz CT molecular complexity index is 570. The third kappa shape index (κ3) is 2.77. The van der Waals surface area contributed by atoms with Crippen LogP contribution in [-0.2, 0) is 5.88 Å². The van der Waals surface area contributed by atoms with Gasteiger partial charge in [-0.2, -0.15) is 0 Å². The highest BCUT2D eigenvalue weighted by Crippen LogP contribution is 2.33. The van der Waals surface area contributed by atoms with E-state index in [1.807, 2.05) is 6.92 Å². The summed E-state index contributed by atoms with van der Waals surface area (Å²) < 4.78 is 19.1. The fraction of sp³-hybridized carbons (Fsp3) is 0.143. The Morgan fingerprint density at radius 3 is 2.67 bits per heavy atom. The first-order valence-corrected chi connectivity index (χ1v) is 6.30. The number of aryl methyl sites for hydroxylation is 1. The first-order chi connectivity index (χ1) is 8.61. The molecule has 1 nitrogen and oxygen atoms in total. The fourth-order valence-corrected chi connectivity index (χ4v) is 2.15. The average Bonchev–Trinajstić information content (AvgIpc) is 2.34. The second-order valence-electron chi connectivity index (χ2n) is 3.89. The van der Waals surface area contributed by atoms with Gasteiger partial charge >= 0.3 is 0 Å². The van der Waals surface area contributed by atoms with Gasteiger partial charge in [-0.1, -0.05) is 23.7 Å². The SMILES string of the molecule is Cc1ccc(F)c(Oc2cccc(Cl)c2CCl)c1. The Morgan fingerprint density at radius 1 is 1.17 bits per heavy atom. The third-order valence-corrected chi connectivity index (χ3v) is 3.14. The van der Waals surface area contributed by atoms with Crippen LogP contribution in [0.3, 0.4) is 0 Å². The molecular weight excluding hydrogens is 274 g/mol. The maximum absolute atomic E-state index is 13.6. The lowest BCUT2D eigenvalue weighted by Gasteiger charge is -2.11. The molecule has 0 heterocycles. The van der Waals surface area contributed by atoms with Crippen LogP contribution in [0.25, 0.3) is 0 Å². The Kier molecular flexibility index (Phi) is 4.10. The third-order valence-electron chi connectivity index (χ3n) is 2.52. The Hall–Kier alpha value is -1.25. The number of alkyl halides is 1. The molecule has 0 atom stereocenters. The number of rotatable bonds is 3. The van der Waals surface area contributed by atoms with Crippen molar-refractivity contribution in [2.45, 2.75) is 12.8 Å². The second kappa shape index (κ2) is 5.59. The molecule has 0 unspecified atom stereocenters. The van der Waals surface area contributed by atoms with Crippen LogP contribution in [0.2, 0.25) is 5.02 Å². The molecular formula is C14H11Cl2FO. The summed E-state index contributed by atoms with van der Waals surface area (Å²) in [6.45, 7) is 1.87. The van der Waals surface area contributed by atoms with E-state index < -0.39 is 5.82 Å². The van der Waals surface area contributed by atoms with Crippen molar-refractivity contribution in [3.63, 3.8) is 0 Å². The Morgan fingerprint density at radius 2 is 1.94 bits per heavy atom. The van der Waals surface area contributed by atoms with Crippen LogP contribution in [-0.4, -0.2) is 0 Å². The summed E-state index contributed by atoms with van der Waals surface area (Å²) in [5.41, 5.74) is 1.57. The van der Waals surface area contributed by atoms with E-state index in [0.29, 0.717) is 16.3 Å². The van der Waals surface area contributed by atoms with Crippen molar-refractivity contribution < 1.29 is 9.13 Å². The second-order valence-corrected chi connectivity index (χ2v) is 4.56. The van der Waals surface area contributed by atoms with Gasteiger partial charge in [-0.15, -0.1) is 11.6 Å². The molecule has 2 aromatic carbocycles. The monoisotopic (exact) mass is 284 g/mol. The lowest BCUT2D eigenvalue weighted by atomic mass is 10.2. The molecule has 4 heteroatoms. The minimum absolute atomic E-state index is 0.170. The zero-order valence-electron chi connectivity index (χ0n) is 9.71. The summed E-state index contributed by atoms with van der Waals surface area (Å²) in [4.78, 5) is 0. The van der Waals surface area contributed by atoms with Crippen molar-refractivity contribution in [2.75, 3.05) is 0 Å². The summed E-state index contributed by atoms with van der Waals surface area (Å²) in [7, 11) is 0. The highest BCUT2D eigenvalue weighted by Gasteiger charge is 2.10. The molecule has 0 aliphatic carbocycles. The molecule has 18 heavy (non-hydrogen) atoms. The first-order valence-electron chi connectivity index (χ1n) is 5.39. The molecule has 0 saturated heterocycles. The minimum Gasteiger partial charge on any atom is -0.454 e. The van der Waals surface area contributed by atoms with Crippen LogP contribution in [0, 0.1) is 12.7 Å². The quantitative estimate of drug-likeness (QED) is 0.693. The molecule has 94 valence electrons. The molecule has 0 aliphatic rings. The number of halogens is 3. The number of hydrogen-bond acceptors (Lipinski definition) is 1. The van der Waals surface area contributed by atoms with Gasteiger partial charge in [-0.25, -0.2) is 4.39 Å². The fourth-order valence-electron chi connectivity index (χ4n) is 1.57. The van der Waals surface area contributed by atoms with Gasteiger partial charge in [0, 0.05) is 10.6 Å². The summed E-state index contributed by atoms with van der Waals surface area (Å²) in [6.07, 6.45) is 0. The van der Waals surface area contributed by atoms with Gasteiger partial charge in [0.25, 0.3) is 0 Å². The average molecular weight is 285 g/mol. The summed E-state index contributed by atoms with van der Waals surface area (Å²) in [6, 6.07) is 9.86. The Balaban J connectivity index is 2.40. The molecule has 0 radical (unpaired) electrons. The van der Waals surface area contributed by atoms with Crippen molar-refractivity contribution in [3.05, 3.63) is 58.4 Å². The van der Waals surface area contributed by atoms with Crippen molar-refractivity contribution in [3.8, 4) is 11.5 Å². The standard InChI is InChI=1S/C14H11Cl2FO/c1-9-5-6-12(17)14(7-9)18-13-4-2-3-11(16)10(13)8-15/h2-7H,8H2,1H3. The molecule has 0 fully saturated rings. The van der Waals surface area contributed by atoms with Crippen LogP contribution < -0.4 is 4.74 Å². The van der Waals surface area contributed by atoms with E-state index in [1.54, 1.807) is 30.3 Å². The highest BCUT2D eigenvalue weighted by molar-refractivity contribution is 6.32. The molecule has 2 aromatic rings. The smallest absolute Gasteiger partial charge is 0.165 e. The number of benzene rings is 2. The maximum Gasteiger partial charge on any atom is 0.165 e. The van der Waals surface area contributed by atoms with Crippen LogP contribution >= 0.6 is 23.2 Å².